The predicted octanol–water partition coefficient (Wildman–Crippen LogP) is 17.4. The maximum Gasteiger partial charge on any atom is 0.0601 e. The maximum atomic E-state index is 2.40. The third-order valence-corrected chi connectivity index (χ3v) is 13.0. The van der Waals surface area contributed by atoms with Crippen LogP contribution < -0.4 is 9.80 Å². The summed E-state index contributed by atoms with van der Waals surface area (Å²) >= 11 is 1.83. The lowest BCUT2D eigenvalue weighted by Gasteiger charge is -2.33. The minimum atomic E-state index is 1.07. The van der Waals surface area contributed by atoms with Gasteiger partial charge in [0.1, 0.15) is 0 Å². The van der Waals surface area contributed by atoms with Gasteiger partial charge in [-0.05, 0) is 128 Å². The summed E-state index contributed by atoms with van der Waals surface area (Å²) in [6.45, 7) is 0. The van der Waals surface area contributed by atoms with Gasteiger partial charge in [0, 0.05) is 32.5 Å². The summed E-state index contributed by atoms with van der Waals surface area (Å²) in [5.74, 6) is 0. The molecule has 0 saturated heterocycles. The number of benzene rings is 10. The quantitative estimate of drug-likeness (QED) is 0.143. The van der Waals surface area contributed by atoms with Crippen LogP contribution in [-0.4, -0.2) is 0 Å². The fourth-order valence-corrected chi connectivity index (χ4v) is 9.91. The van der Waals surface area contributed by atoms with Gasteiger partial charge in [-0.25, -0.2) is 0 Å². The van der Waals surface area contributed by atoms with Crippen LogP contribution in [0.25, 0.3) is 55.6 Å². The molecule has 11 rings (SSSR count). The van der Waals surface area contributed by atoms with Crippen molar-refractivity contribution in [3.63, 3.8) is 0 Å². The molecule has 0 N–H and O–H groups in total. The van der Waals surface area contributed by atoms with E-state index in [-0.39, 0.29) is 0 Å². The highest BCUT2D eigenvalue weighted by atomic mass is 32.2. The molecule has 0 unspecified atom stereocenters. The summed E-state index contributed by atoms with van der Waals surface area (Å²) < 4.78 is 0. The minimum Gasteiger partial charge on any atom is -0.310 e. The standard InChI is InChI=1S/C60H42N2S/c1-5-18-44(19-6-1)53-38-36-51(41-55(53)46-22-9-3-10-23-46)61(52-37-39-54(45-20-7-2-8-21-45)56(42-52)47-24-11-4-12-25-47)49-34-32-43(33-35-49)48-26-17-27-50(40-48)62-57-28-13-15-30-59(57)63-60-31-16-14-29-58(60)62/h1-42H. The van der Waals surface area contributed by atoms with Crippen LogP contribution in [0.1, 0.15) is 0 Å². The molecule has 1 aliphatic rings. The number of hydrogen-bond donors (Lipinski definition) is 0. The van der Waals surface area contributed by atoms with Gasteiger partial charge in [-0.3, -0.25) is 0 Å². The normalized spacial score (nSPS) is 11.7. The number of anilines is 6. The zero-order valence-electron chi connectivity index (χ0n) is 34.6. The molecule has 0 amide bonds. The van der Waals surface area contributed by atoms with Crippen molar-refractivity contribution in [1.29, 1.82) is 0 Å². The number of nitrogens with zero attached hydrogens (tertiary/aromatic N) is 2. The molecule has 0 spiro atoms. The van der Waals surface area contributed by atoms with Crippen LogP contribution in [-0.2, 0) is 0 Å². The molecule has 1 aliphatic heterocycles. The summed E-state index contributed by atoms with van der Waals surface area (Å²) in [6.07, 6.45) is 0. The van der Waals surface area contributed by atoms with E-state index in [0.29, 0.717) is 0 Å². The maximum absolute atomic E-state index is 2.40. The van der Waals surface area contributed by atoms with Crippen molar-refractivity contribution in [2.45, 2.75) is 9.79 Å². The van der Waals surface area contributed by atoms with E-state index < -0.39 is 0 Å². The van der Waals surface area contributed by atoms with Gasteiger partial charge in [0.05, 0.1) is 11.4 Å². The molecule has 3 heteroatoms. The minimum absolute atomic E-state index is 1.07. The van der Waals surface area contributed by atoms with Gasteiger partial charge in [-0.1, -0.05) is 194 Å². The first-order chi connectivity index (χ1) is 31.2. The summed E-state index contributed by atoms with van der Waals surface area (Å²) in [5, 5.41) is 0. The highest BCUT2D eigenvalue weighted by Crippen LogP contribution is 2.52. The van der Waals surface area contributed by atoms with Crippen molar-refractivity contribution < 1.29 is 0 Å². The molecular formula is C60H42N2S. The van der Waals surface area contributed by atoms with E-state index in [2.05, 4.69) is 265 Å². The Hall–Kier alpha value is -7.85. The average Bonchev–Trinajstić information content (AvgIpc) is 3.37. The third-order valence-electron chi connectivity index (χ3n) is 11.9. The average molecular weight is 823 g/mol. The fraction of sp³-hybridized carbons (Fsp3) is 0. The van der Waals surface area contributed by atoms with E-state index in [9.17, 15) is 0 Å². The largest absolute Gasteiger partial charge is 0.310 e. The van der Waals surface area contributed by atoms with Crippen LogP contribution in [0.5, 0.6) is 0 Å². The number of fused-ring (bicyclic) bond motifs is 2. The molecule has 10 aromatic rings. The van der Waals surface area contributed by atoms with Gasteiger partial charge in [0.15, 0.2) is 0 Å². The Labute approximate surface area is 374 Å². The van der Waals surface area contributed by atoms with E-state index in [0.717, 1.165) is 33.9 Å². The van der Waals surface area contributed by atoms with Crippen molar-refractivity contribution in [3.8, 4) is 55.6 Å². The Morgan fingerprint density at radius 3 is 1.14 bits per heavy atom. The Kier molecular flexibility index (Phi) is 10.2. The highest BCUT2D eigenvalue weighted by Gasteiger charge is 2.25. The number of para-hydroxylation sites is 2. The van der Waals surface area contributed by atoms with Crippen LogP contribution >= 0.6 is 11.8 Å². The summed E-state index contributed by atoms with van der Waals surface area (Å²) in [7, 11) is 0. The first-order valence-electron chi connectivity index (χ1n) is 21.4. The first kappa shape index (κ1) is 38.1. The Morgan fingerprint density at radius 1 is 0.270 bits per heavy atom. The monoisotopic (exact) mass is 822 g/mol. The Bertz CT molecular complexity index is 3010. The number of hydrogen-bond acceptors (Lipinski definition) is 3. The van der Waals surface area contributed by atoms with Crippen molar-refractivity contribution >= 4 is 45.9 Å². The highest BCUT2D eigenvalue weighted by molar-refractivity contribution is 7.99. The molecule has 298 valence electrons. The number of rotatable bonds is 9. The summed E-state index contributed by atoms with van der Waals surface area (Å²) in [6, 6.07) is 92.1. The van der Waals surface area contributed by atoms with E-state index in [4.69, 9.17) is 0 Å². The lowest BCUT2D eigenvalue weighted by Crippen LogP contribution is -2.14. The van der Waals surface area contributed by atoms with Gasteiger partial charge in [0.2, 0.25) is 0 Å². The Morgan fingerprint density at radius 2 is 0.667 bits per heavy atom. The molecule has 0 saturated carbocycles. The van der Waals surface area contributed by atoms with Gasteiger partial charge in [-0.15, -0.1) is 0 Å². The lowest BCUT2D eigenvalue weighted by molar-refractivity contribution is 1.17. The molecule has 2 nitrogen and oxygen atoms in total. The summed E-state index contributed by atoms with van der Waals surface area (Å²) in [4.78, 5) is 7.31. The van der Waals surface area contributed by atoms with Crippen LogP contribution in [0.3, 0.4) is 0 Å². The molecule has 0 aliphatic carbocycles. The van der Waals surface area contributed by atoms with E-state index in [1.165, 1.54) is 65.7 Å². The second kappa shape index (κ2) is 16.9. The van der Waals surface area contributed by atoms with E-state index in [1.807, 2.05) is 11.8 Å². The smallest absolute Gasteiger partial charge is 0.0601 e. The van der Waals surface area contributed by atoms with Crippen molar-refractivity contribution in [2.24, 2.45) is 0 Å². The van der Waals surface area contributed by atoms with Crippen LogP contribution in [0, 0.1) is 0 Å². The van der Waals surface area contributed by atoms with Gasteiger partial charge in [0.25, 0.3) is 0 Å². The molecule has 0 fully saturated rings. The molecular weight excluding hydrogens is 781 g/mol. The third kappa shape index (κ3) is 7.50. The first-order valence-corrected chi connectivity index (χ1v) is 22.2. The van der Waals surface area contributed by atoms with Crippen molar-refractivity contribution in [2.75, 3.05) is 9.80 Å². The van der Waals surface area contributed by atoms with Crippen molar-refractivity contribution in [1.82, 2.24) is 0 Å². The van der Waals surface area contributed by atoms with E-state index in [1.54, 1.807) is 0 Å². The zero-order chi connectivity index (χ0) is 42.0. The SMILES string of the molecule is c1ccc(-c2ccc(N(c3ccc(-c4cccc(N5c6ccccc6Sc6ccccc65)c4)cc3)c3ccc(-c4ccccc4)c(-c4ccccc4)c3)cc2-c2ccccc2)cc1. The zero-order valence-corrected chi connectivity index (χ0v) is 35.4. The fourth-order valence-electron chi connectivity index (χ4n) is 8.85. The van der Waals surface area contributed by atoms with E-state index >= 15 is 0 Å². The molecule has 63 heavy (non-hydrogen) atoms. The van der Waals surface area contributed by atoms with Crippen molar-refractivity contribution in [3.05, 3.63) is 255 Å². The second-order valence-corrected chi connectivity index (χ2v) is 16.8. The second-order valence-electron chi connectivity index (χ2n) is 15.7. The Balaban J connectivity index is 1.05. The van der Waals surface area contributed by atoms with Crippen LogP contribution in [0.4, 0.5) is 34.1 Å². The summed E-state index contributed by atoms with van der Waals surface area (Å²) in [5.41, 5.74) is 18.6. The molecule has 10 aromatic carbocycles. The molecule has 1 heterocycles. The van der Waals surface area contributed by atoms with Crippen LogP contribution in [0.15, 0.2) is 265 Å². The van der Waals surface area contributed by atoms with Crippen LogP contribution in [0.2, 0.25) is 0 Å². The molecule has 0 bridgehead atoms. The topological polar surface area (TPSA) is 6.48 Å². The van der Waals surface area contributed by atoms with Gasteiger partial charge >= 0.3 is 0 Å². The molecule has 0 aromatic heterocycles. The lowest BCUT2D eigenvalue weighted by atomic mass is 9.92. The predicted molar refractivity (Wildman–Crippen MR) is 267 cm³/mol. The van der Waals surface area contributed by atoms with Gasteiger partial charge in [-0.2, -0.15) is 0 Å². The molecule has 0 radical (unpaired) electrons. The molecule has 0 atom stereocenters. The van der Waals surface area contributed by atoms with Gasteiger partial charge < -0.3 is 9.80 Å².